The van der Waals surface area contributed by atoms with E-state index in [4.69, 9.17) is 5.73 Å². The Morgan fingerprint density at radius 3 is 2.58 bits per heavy atom. The van der Waals surface area contributed by atoms with Crippen molar-refractivity contribution in [2.24, 2.45) is 11.1 Å². The normalized spacial score (nSPS) is 18.8. The molecule has 1 aliphatic rings. The summed E-state index contributed by atoms with van der Waals surface area (Å²) in [6.45, 7) is 2.25. The van der Waals surface area contributed by atoms with Crippen molar-refractivity contribution >= 4 is 5.78 Å². The minimum atomic E-state index is -0.191. The molecule has 0 aliphatic heterocycles. The van der Waals surface area contributed by atoms with E-state index in [0.717, 1.165) is 19.3 Å². The van der Waals surface area contributed by atoms with Crippen LogP contribution in [0.4, 0.5) is 0 Å². The zero-order valence-electron chi connectivity index (χ0n) is 7.52. The van der Waals surface area contributed by atoms with E-state index in [-0.39, 0.29) is 11.2 Å². The lowest BCUT2D eigenvalue weighted by atomic mass is 9.65. The summed E-state index contributed by atoms with van der Waals surface area (Å²) in [5.41, 5.74) is 5.38. The Balaban J connectivity index is 2.52. The van der Waals surface area contributed by atoms with Crippen molar-refractivity contribution in [3.8, 4) is 11.8 Å². The van der Waals surface area contributed by atoms with Crippen molar-refractivity contribution < 1.29 is 4.79 Å². The first-order valence-corrected chi connectivity index (χ1v) is 4.38. The van der Waals surface area contributed by atoms with Gasteiger partial charge >= 0.3 is 0 Å². The van der Waals surface area contributed by atoms with Crippen LogP contribution in [-0.2, 0) is 4.79 Å². The second-order valence-electron chi connectivity index (χ2n) is 3.36. The zero-order valence-corrected chi connectivity index (χ0v) is 7.52. The van der Waals surface area contributed by atoms with E-state index in [1.807, 2.05) is 0 Å². The molecular weight excluding hydrogens is 150 g/mol. The number of carbonyl (C=O) groups is 1. The maximum Gasteiger partial charge on any atom is 0.152 e. The third kappa shape index (κ3) is 1.51. The van der Waals surface area contributed by atoms with E-state index >= 15 is 0 Å². The maximum atomic E-state index is 11.6. The summed E-state index contributed by atoms with van der Waals surface area (Å²) in [5, 5.41) is 0. The molecule has 2 heteroatoms. The van der Waals surface area contributed by atoms with Crippen molar-refractivity contribution in [2.45, 2.75) is 32.6 Å². The van der Waals surface area contributed by atoms with Crippen LogP contribution in [0.15, 0.2) is 0 Å². The largest absolute Gasteiger partial charge is 0.329 e. The molecule has 0 atom stereocenters. The van der Waals surface area contributed by atoms with Gasteiger partial charge in [-0.2, -0.15) is 0 Å². The Morgan fingerprint density at radius 1 is 1.58 bits per heavy atom. The van der Waals surface area contributed by atoms with Gasteiger partial charge in [0.2, 0.25) is 0 Å². The van der Waals surface area contributed by atoms with Gasteiger partial charge in [0.05, 0.1) is 6.42 Å². The predicted octanol–water partition coefficient (Wildman–Crippen LogP) is 1.10. The van der Waals surface area contributed by atoms with Gasteiger partial charge < -0.3 is 5.73 Å². The van der Waals surface area contributed by atoms with E-state index in [1.165, 1.54) is 0 Å². The molecule has 0 aromatic heterocycles. The molecule has 1 saturated carbocycles. The van der Waals surface area contributed by atoms with Gasteiger partial charge in [-0.05, 0) is 19.8 Å². The third-order valence-corrected chi connectivity index (χ3v) is 2.72. The molecule has 66 valence electrons. The number of nitrogens with two attached hydrogens (primary N) is 1. The van der Waals surface area contributed by atoms with Crippen molar-refractivity contribution in [2.75, 3.05) is 6.54 Å². The van der Waals surface area contributed by atoms with Crippen LogP contribution in [0, 0.1) is 17.3 Å². The summed E-state index contributed by atoms with van der Waals surface area (Å²) in [6.07, 6.45) is 3.46. The molecule has 0 amide bonds. The van der Waals surface area contributed by atoms with E-state index in [2.05, 4.69) is 11.8 Å². The van der Waals surface area contributed by atoms with Crippen LogP contribution in [0.3, 0.4) is 0 Å². The van der Waals surface area contributed by atoms with Gasteiger partial charge in [-0.15, -0.1) is 5.92 Å². The molecule has 0 spiro atoms. The van der Waals surface area contributed by atoms with Gasteiger partial charge in [0.1, 0.15) is 0 Å². The number of hydrogen-bond acceptors (Lipinski definition) is 2. The molecule has 1 rings (SSSR count). The summed E-state index contributed by atoms with van der Waals surface area (Å²) in [6, 6.07) is 0. The predicted molar refractivity (Wildman–Crippen MR) is 48.4 cm³/mol. The molecule has 12 heavy (non-hydrogen) atoms. The van der Waals surface area contributed by atoms with Gasteiger partial charge in [-0.25, -0.2) is 0 Å². The quantitative estimate of drug-likeness (QED) is 0.636. The van der Waals surface area contributed by atoms with Crippen LogP contribution in [0.2, 0.25) is 0 Å². The molecule has 2 N–H and O–H groups in total. The molecule has 1 aliphatic carbocycles. The Morgan fingerprint density at radius 2 is 2.25 bits per heavy atom. The lowest BCUT2D eigenvalue weighted by molar-refractivity contribution is -0.131. The SMILES string of the molecule is CC#CCC(=O)C1(CN)CCC1. The second kappa shape index (κ2) is 3.73. The molecule has 0 aromatic carbocycles. The minimum absolute atomic E-state index is 0.191. The first kappa shape index (κ1) is 9.28. The molecular formula is C10H15NO. The highest BCUT2D eigenvalue weighted by Crippen LogP contribution is 2.41. The molecule has 0 bridgehead atoms. The average molecular weight is 165 g/mol. The molecule has 0 radical (unpaired) electrons. The van der Waals surface area contributed by atoms with Gasteiger partial charge in [0.25, 0.3) is 0 Å². The summed E-state index contributed by atoms with van der Waals surface area (Å²) in [4.78, 5) is 11.6. The molecule has 0 saturated heterocycles. The summed E-state index contributed by atoms with van der Waals surface area (Å²) in [7, 11) is 0. The fourth-order valence-corrected chi connectivity index (χ4v) is 1.56. The molecule has 0 heterocycles. The van der Waals surface area contributed by atoms with Crippen molar-refractivity contribution in [3.05, 3.63) is 0 Å². The van der Waals surface area contributed by atoms with Crippen LogP contribution in [0.5, 0.6) is 0 Å². The summed E-state index contributed by atoms with van der Waals surface area (Å²) < 4.78 is 0. The number of Topliss-reactive ketones (excluding diaryl/α,β-unsaturated/α-hetero) is 1. The smallest absolute Gasteiger partial charge is 0.152 e. The van der Waals surface area contributed by atoms with Crippen molar-refractivity contribution in [3.63, 3.8) is 0 Å². The summed E-state index contributed by atoms with van der Waals surface area (Å²) >= 11 is 0. The minimum Gasteiger partial charge on any atom is -0.329 e. The van der Waals surface area contributed by atoms with Crippen LogP contribution in [-0.4, -0.2) is 12.3 Å². The van der Waals surface area contributed by atoms with Crippen molar-refractivity contribution in [1.29, 1.82) is 0 Å². The van der Waals surface area contributed by atoms with Crippen molar-refractivity contribution in [1.82, 2.24) is 0 Å². The van der Waals surface area contributed by atoms with Crippen LogP contribution in [0.25, 0.3) is 0 Å². The van der Waals surface area contributed by atoms with Crippen LogP contribution in [0.1, 0.15) is 32.6 Å². The highest BCUT2D eigenvalue weighted by Gasteiger charge is 2.41. The Kier molecular flexibility index (Phi) is 2.88. The van der Waals surface area contributed by atoms with E-state index in [9.17, 15) is 4.79 Å². The number of carbonyl (C=O) groups excluding carboxylic acids is 1. The fourth-order valence-electron chi connectivity index (χ4n) is 1.56. The van der Waals surface area contributed by atoms with Gasteiger partial charge in [0, 0.05) is 12.0 Å². The fraction of sp³-hybridized carbons (Fsp3) is 0.700. The highest BCUT2D eigenvalue weighted by atomic mass is 16.1. The number of hydrogen-bond donors (Lipinski definition) is 1. The van der Waals surface area contributed by atoms with E-state index in [0.29, 0.717) is 13.0 Å². The number of rotatable bonds is 3. The van der Waals surface area contributed by atoms with Crippen LogP contribution >= 0.6 is 0 Å². The van der Waals surface area contributed by atoms with Gasteiger partial charge in [0.15, 0.2) is 5.78 Å². The highest BCUT2D eigenvalue weighted by molar-refractivity contribution is 5.87. The monoisotopic (exact) mass is 165 g/mol. The molecule has 0 unspecified atom stereocenters. The summed E-state index contributed by atoms with van der Waals surface area (Å²) in [5.74, 6) is 5.77. The lowest BCUT2D eigenvalue weighted by Gasteiger charge is -2.38. The first-order chi connectivity index (χ1) is 5.75. The van der Waals surface area contributed by atoms with Gasteiger partial charge in [-0.3, -0.25) is 4.79 Å². The Hall–Kier alpha value is -0.810. The van der Waals surface area contributed by atoms with E-state index in [1.54, 1.807) is 6.92 Å². The van der Waals surface area contributed by atoms with Gasteiger partial charge in [-0.1, -0.05) is 12.3 Å². The second-order valence-corrected chi connectivity index (χ2v) is 3.36. The third-order valence-electron chi connectivity index (χ3n) is 2.72. The molecule has 1 fully saturated rings. The van der Waals surface area contributed by atoms with Crippen LogP contribution < -0.4 is 5.73 Å². The van der Waals surface area contributed by atoms with E-state index < -0.39 is 0 Å². The topological polar surface area (TPSA) is 43.1 Å². The first-order valence-electron chi connectivity index (χ1n) is 4.38. The molecule has 2 nitrogen and oxygen atoms in total. The lowest BCUT2D eigenvalue weighted by Crippen LogP contribution is -2.44. The number of ketones is 1. The Bertz CT molecular complexity index is 224. The Labute approximate surface area is 73.5 Å². The standard InChI is InChI=1S/C10H15NO/c1-2-3-5-9(12)10(8-11)6-4-7-10/h4-8,11H2,1H3. The average Bonchev–Trinajstić information content (AvgIpc) is 2.00. The zero-order chi connectivity index (χ0) is 9.03. The molecule has 0 aromatic rings. The maximum absolute atomic E-state index is 11.6.